The molecule has 1 aromatic heterocycles. The van der Waals surface area contributed by atoms with Gasteiger partial charge in [-0.2, -0.15) is 0 Å². The van der Waals surface area contributed by atoms with E-state index in [1.165, 1.54) is 0 Å². The lowest BCUT2D eigenvalue weighted by Gasteiger charge is -2.06. The fourth-order valence-electron chi connectivity index (χ4n) is 1.71. The van der Waals surface area contributed by atoms with Gasteiger partial charge < -0.3 is 10.1 Å². The van der Waals surface area contributed by atoms with Crippen molar-refractivity contribution in [1.82, 2.24) is 10.3 Å². The average molecular weight is 256 g/mol. The second-order valence-corrected chi connectivity index (χ2v) is 4.17. The summed E-state index contributed by atoms with van der Waals surface area (Å²) in [5.74, 6) is -0.0900. The van der Waals surface area contributed by atoms with Gasteiger partial charge >= 0.3 is 0 Å². The monoisotopic (exact) mass is 256 g/mol. The molecule has 0 unspecified atom stereocenters. The SMILES string of the molecule is COCc1ccc(C(=O)NCc2cccnc2)cc1. The topological polar surface area (TPSA) is 51.2 Å². The molecule has 0 aliphatic heterocycles. The van der Waals surface area contributed by atoms with Crippen molar-refractivity contribution in [2.24, 2.45) is 0 Å². The van der Waals surface area contributed by atoms with Crippen LogP contribution in [0.3, 0.4) is 0 Å². The molecule has 4 heteroatoms. The molecule has 0 bridgehead atoms. The van der Waals surface area contributed by atoms with Crippen molar-refractivity contribution >= 4 is 5.91 Å². The first-order valence-corrected chi connectivity index (χ1v) is 6.04. The van der Waals surface area contributed by atoms with Crippen LogP contribution < -0.4 is 5.32 Å². The van der Waals surface area contributed by atoms with Crippen LogP contribution in [0.1, 0.15) is 21.5 Å². The van der Waals surface area contributed by atoms with E-state index in [9.17, 15) is 4.79 Å². The van der Waals surface area contributed by atoms with E-state index in [4.69, 9.17) is 4.74 Å². The van der Waals surface area contributed by atoms with E-state index < -0.39 is 0 Å². The van der Waals surface area contributed by atoms with Gasteiger partial charge in [-0.1, -0.05) is 18.2 Å². The zero-order chi connectivity index (χ0) is 13.5. The molecular formula is C15H16N2O2. The second kappa shape index (κ2) is 6.66. The molecule has 0 aliphatic carbocycles. The summed E-state index contributed by atoms with van der Waals surface area (Å²) in [5.41, 5.74) is 2.67. The smallest absolute Gasteiger partial charge is 0.251 e. The number of benzene rings is 1. The summed E-state index contributed by atoms with van der Waals surface area (Å²) in [4.78, 5) is 15.9. The maximum Gasteiger partial charge on any atom is 0.251 e. The van der Waals surface area contributed by atoms with Crippen LogP contribution in [0.25, 0.3) is 0 Å². The van der Waals surface area contributed by atoms with Crippen LogP contribution in [-0.4, -0.2) is 18.0 Å². The molecule has 0 spiro atoms. The van der Waals surface area contributed by atoms with Crippen molar-refractivity contribution in [3.8, 4) is 0 Å². The first kappa shape index (κ1) is 13.2. The predicted octanol–water partition coefficient (Wildman–Crippen LogP) is 2.16. The highest BCUT2D eigenvalue weighted by Gasteiger charge is 2.05. The van der Waals surface area contributed by atoms with Crippen LogP contribution in [0.4, 0.5) is 0 Å². The van der Waals surface area contributed by atoms with E-state index >= 15 is 0 Å². The summed E-state index contributed by atoms with van der Waals surface area (Å²) >= 11 is 0. The average Bonchev–Trinajstić information content (AvgIpc) is 2.47. The Morgan fingerprint density at radius 3 is 2.63 bits per heavy atom. The summed E-state index contributed by atoms with van der Waals surface area (Å²) in [6.45, 7) is 1.03. The van der Waals surface area contributed by atoms with Crippen molar-refractivity contribution in [3.63, 3.8) is 0 Å². The Balaban J connectivity index is 1.92. The molecule has 19 heavy (non-hydrogen) atoms. The number of nitrogens with one attached hydrogen (secondary N) is 1. The van der Waals surface area contributed by atoms with Crippen LogP contribution in [0, 0.1) is 0 Å². The standard InChI is InChI=1S/C15H16N2O2/c1-19-11-12-4-6-14(7-5-12)15(18)17-10-13-3-2-8-16-9-13/h2-9H,10-11H2,1H3,(H,17,18). The third-order valence-corrected chi connectivity index (χ3v) is 2.70. The molecule has 1 N–H and O–H groups in total. The molecule has 2 rings (SSSR count). The molecule has 2 aromatic rings. The molecule has 1 aromatic carbocycles. The number of carbonyl (C=O) groups excluding carboxylic acids is 1. The Kier molecular flexibility index (Phi) is 4.64. The van der Waals surface area contributed by atoms with E-state index in [1.54, 1.807) is 31.6 Å². The third-order valence-electron chi connectivity index (χ3n) is 2.70. The van der Waals surface area contributed by atoms with Crippen molar-refractivity contribution in [1.29, 1.82) is 0 Å². The van der Waals surface area contributed by atoms with Gasteiger partial charge in [0.05, 0.1) is 6.61 Å². The molecular weight excluding hydrogens is 240 g/mol. The highest BCUT2D eigenvalue weighted by molar-refractivity contribution is 5.94. The third kappa shape index (κ3) is 3.89. The fraction of sp³-hybridized carbons (Fsp3) is 0.200. The van der Waals surface area contributed by atoms with Gasteiger partial charge in [-0.25, -0.2) is 0 Å². The number of pyridine rings is 1. The van der Waals surface area contributed by atoms with Crippen molar-refractivity contribution in [2.75, 3.05) is 7.11 Å². The van der Waals surface area contributed by atoms with Gasteiger partial charge in [0.2, 0.25) is 0 Å². The summed E-state index contributed by atoms with van der Waals surface area (Å²) in [6, 6.07) is 11.2. The first-order chi connectivity index (χ1) is 9.29. The van der Waals surface area contributed by atoms with Gasteiger partial charge in [0, 0.05) is 31.6 Å². The van der Waals surface area contributed by atoms with E-state index in [0.29, 0.717) is 18.7 Å². The number of nitrogens with zero attached hydrogens (tertiary/aromatic N) is 1. The number of carbonyl (C=O) groups is 1. The molecule has 4 nitrogen and oxygen atoms in total. The number of methoxy groups -OCH3 is 1. The van der Waals surface area contributed by atoms with E-state index in [0.717, 1.165) is 11.1 Å². The first-order valence-electron chi connectivity index (χ1n) is 6.04. The molecule has 0 saturated heterocycles. The maximum absolute atomic E-state index is 11.9. The predicted molar refractivity (Wildman–Crippen MR) is 72.6 cm³/mol. The zero-order valence-electron chi connectivity index (χ0n) is 10.8. The lowest BCUT2D eigenvalue weighted by molar-refractivity contribution is 0.0951. The highest BCUT2D eigenvalue weighted by atomic mass is 16.5. The Labute approximate surface area is 112 Å². The number of rotatable bonds is 5. The molecule has 0 aliphatic rings. The van der Waals surface area contributed by atoms with Crippen molar-refractivity contribution < 1.29 is 9.53 Å². The number of hydrogen-bond acceptors (Lipinski definition) is 3. The summed E-state index contributed by atoms with van der Waals surface area (Å²) in [7, 11) is 1.65. The zero-order valence-corrected chi connectivity index (χ0v) is 10.8. The van der Waals surface area contributed by atoms with Crippen molar-refractivity contribution in [2.45, 2.75) is 13.2 Å². The minimum absolute atomic E-state index is 0.0900. The number of ether oxygens (including phenoxy) is 1. The van der Waals surface area contributed by atoms with Gasteiger partial charge in [-0.15, -0.1) is 0 Å². The molecule has 0 radical (unpaired) electrons. The Morgan fingerprint density at radius 2 is 2.00 bits per heavy atom. The van der Waals surface area contributed by atoms with Crippen LogP contribution >= 0.6 is 0 Å². The van der Waals surface area contributed by atoms with Crippen LogP contribution in [0.2, 0.25) is 0 Å². The van der Waals surface area contributed by atoms with E-state index in [2.05, 4.69) is 10.3 Å². The maximum atomic E-state index is 11.9. The quantitative estimate of drug-likeness (QED) is 0.891. The van der Waals surface area contributed by atoms with Gasteiger partial charge in [0.25, 0.3) is 5.91 Å². The second-order valence-electron chi connectivity index (χ2n) is 4.17. The summed E-state index contributed by atoms with van der Waals surface area (Å²) in [6.07, 6.45) is 3.45. The highest BCUT2D eigenvalue weighted by Crippen LogP contribution is 2.06. The fourth-order valence-corrected chi connectivity index (χ4v) is 1.71. The van der Waals surface area contributed by atoms with E-state index in [-0.39, 0.29) is 5.91 Å². The number of hydrogen-bond donors (Lipinski definition) is 1. The largest absolute Gasteiger partial charge is 0.380 e. The molecule has 0 saturated carbocycles. The van der Waals surface area contributed by atoms with Gasteiger partial charge in [0.1, 0.15) is 0 Å². The van der Waals surface area contributed by atoms with Crippen LogP contribution in [0.5, 0.6) is 0 Å². The number of amides is 1. The normalized spacial score (nSPS) is 10.2. The molecule has 98 valence electrons. The Bertz CT molecular complexity index is 524. The molecule has 0 fully saturated rings. The number of aromatic nitrogens is 1. The molecule has 0 atom stereocenters. The van der Waals surface area contributed by atoms with Gasteiger partial charge in [-0.3, -0.25) is 9.78 Å². The Hall–Kier alpha value is -2.20. The van der Waals surface area contributed by atoms with Crippen molar-refractivity contribution in [3.05, 3.63) is 65.5 Å². The van der Waals surface area contributed by atoms with Crippen LogP contribution in [-0.2, 0) is 17.9 Å². The summed E-state index contributed by atoms with van der Waals surface area (Å²) in [5, 5.41) is 2.86. The molecule has 1 amide bonds. The van der Waals surface area contributed by atoms with Gasteiger partial charge in [0.15, 0.2) is 0 Å². The summed E-state index contributed by atoms with van der Waals surface area (Å²) < 4.78 is 5.03. The van der Waals surface area contributed by atoms with Gasteiger partial charge in [-0.05, 0) is 29.3 Å². The van der Waals surface area contributed by atoms with E-state index in [1.807, 2.05) is 24.3 Å². The molecule has 1 heterocycles. The lowest BCUT2D eigenvalue weighted by atomic mass is 10.1. The van der Waals surface area contributed by atoms with Crippen LogP contribution in [0.15, 0.2) is 48.8 Å². The lowest BCUT2D eigenvalue weighted by Crippen LogP contribution is -2.22. The minimum Gasteiger partial charge on any atom is -0.380 e. The Morgan fingerprint density at radius 1 is 1.21 bits per heavy atom. The minimum atomic E-state index is -0.0900.